The fraction of sp³-hybridized carbons (Fsp3) is 0.400. The molecule has 0 saturated heterocycles. The molecule has 1 unspecified atom stereocenters. The van der Waals surface area contributed by atoms with Crippen molar-refractivity contribution in [2.45, 2.75) is 32.9 Å². The third-order valence-electron chi connectivity index (χ3n) is 3.27. The van der Waals surface area contributed by atoms with Crippen molar-refractivity contribution < 1.29 is 8.78 Å². The van der Waals surface area contributed by atoms with E-state index in [2.05, 4.69) is 10.4 Å². The van der Waals surface area contributed by atoms with E-state index in [1.54, 1.807) is 4.68 Å². The molecule has 0 bridgehead atoms. The molecule has 6 heteroatoms. The summed E-state index contributed by atoms with van der Waals surface area (Å²) in [5, 5.41) is 7.83. The normalized spacial score (nSPS) is 12.6. The lowest BCUT2D eigenvalue weighted by Gasteiger charge is -2.21. The molecule has 0 radical (unpaired) electrons. The monoisotopic (exact) mass is 313 g/mol. The van der Waals surface area contributed by atoms with E-state index >= 15 is 0 Å². The number of nitrogens with zero attached hydrogens (tertiary/aromatic N) is 2. The fourth-order valence-corrected chi connectivity index (χ4v) is 2.54. The predicted molar refractivity (Wildman–Crippen MR) is 79.4 cm³/mol. The van der Waals surface area contributed by atoms with Gasteiger partial charge in [0.15, 0.2) is 0 Å². The van der Waals surface area contributed by atoms with Crippen molar-refractivity contribution >= 4 is 11.6 Å². The molecule has 0 aliphatic rings. The lowest BCUT2D eigenvalue weighted by molar-refractivity contribution is 0.500. The van der Waals surface area contributed by atoms with Gasteiger partial charge in [-0.2, -0.15) is 5.10 Å². The molecule has 1 atom stereocenters. The summed E-state index contributed by atoms with van der Waals surface area (Å²) in [6.07, 6.45) is 2.39. The fourth-order valence-electron chi connectivity index (χ4n) is 2.29. The Kier molecular flexibility index (Phi) is 5.31. The highest BCUT2D eigenvalue weighted by molar-refractivity contribution is 6.31. The molecular formula is C15H18ClF2N3. The van der Waals surface area contributed by atoms with Gasteiger partial charge in [-0.3, -0.25) is 4.68 Å². The maximum atomic E-state index is 14.1. The van der Waals surface area contributed by atoms with Crippen LogP contribution in [0.25, 0.3) is 0 Å². The average Bonchev–Trinajstić information content (AvgIpc) is 2.84. The quantitative estimate of drug-likeness (QED) is 0.876. The molecule has 2 rings (SSSR count). The zero-order valence-electron chi connectivity index (χ0n) is 12.0. The van der Waals surface area contributed by atoms with Crippen LogP contribution in [0.4, 0.5) is 8.78 Å². The topological polar surface area (TPSA) is 29.9 Å². The number of hydrogen-bond donors (Lipinski definition) is 1. The van der Waals surface area contributed by atoms with E-state index in [1.165, 1.54) is 12.3 Å². The molecule has 114 valence electrons. The minimum Gasteiger partial charge on any atom is -0.305 e. The summed E-state index contributed by atoms with van der Waals surface area (Å²) < 4.78 is 29.3. The Balaban J connectivity index is 2.52. The van der Waals surface area contributed by atoms with Crippen molar-refractivity contribution in [1.29, 1.82) is 0 Å². The van der Waals surface area contributed by atoms with E-state index in [0.717, 1.165) is 18.6 Å². The third kappa shape index (κ3) is 3.41. The standard InChI is InChI=1S/C15H18ClF2N3/c1-3-7-19-14(11-8-10(17)5-6-13(11)18)15-12(16)9-20-21(15)4-2/h5-6,8-9,14,19H,3-4,7H2,1-2H3. The van der Waals surface area contributed by atoms with E-state index in [-0.39, 0.29) is 5.56 Å². The minimum atomic E-state index is -0.532. The molecule has 0 aliphatic heterocycles. The summed E-state index contributed by atoms with van der Waals surface area (Å²) in [7, 11) is 0. The Hall–Kier alpha value is -1.46. The molecule has 1 N–H and O–H groups in total. The van der Waals surface area contributed by atoms with Crippen molar-refractivity contribution in [2.24, 2.45) is 0 Å². The number of rotatable bonds is 6. The molecule has 0 fully saturated rings. The highest BCUT2D eigenvalue weighted by Crippen LogP contribution is 2.30. The van der Waals surface area contributed by atoms with Gasteiger partial charge in [0.1, 0.15) is 11.6 Å². The molecular weight excluding hydrogens is 296 g/mol. The minimum absolute atomic E-state index is 0.237. The Morgan fingerprint density at radius 2 is 2.10 bits per heavy atom. The maximum absolute atomic E-state index is 14.1. The molecule has 1 heterocycles. The van der Waals surface area contributed by atoms with Gasteiger partial charge in [0.2, 0.25) is 0 Å². The van der Waals surface area contributed by atoms with Crippen molar-refractivity contribution in [2.75, 3.05) is 6.54 Å². The van der Waals surface area contributed by atoms with Crippen LogP contribution < -0.4 is 5.32 Å². The van der Waals surface area contributed by atoms with Crippen LogP contribution in [0.2, 0.25) is 5.02 Å². The van der Waals surface area contributed by atoms with E-state index in [4.69, 9.17) is 11.6 Å². The molecule has 1 aromatic heterocycles. The van der Waals surface area contributed by atoms with Crippen LogP contribution >= 0.6 is 11.6 Å². The van der Waals surface area contributed by atoms with Gasteiger partial charge in [-0.25, -0.2) is 8.78 Å². The van der Waals surface area contributed by atoms with Crippen molar-refractivity contribution in [3.63, 3.8) is 0 Å². The first-order chi connectivity index (χ1) is 10.1. The summed E-state index contributed by atoms with van der Waals surface area (Å²) in [5.41, 5.74) is 0.887. The van der Waals surface area contributed by atoms with Gasteiger partial charge in [0.05, 0.1) is 23.0 Å². The molecule has 0 saturated carbocycles. The van der Waals surface area contributed by atoms with E-state index in [1.807, 2.05) is 13.8 Å². The summed E-state index contributed by atoms with van der Waals surface area (Å²) in [5.74, 6) is -0.946. The molecule has 0 aliphatic carbocycles. The number of aromatic nitrogens is 2. The van der Waals surface area contributed by atoms with Crippen LogP contribution in [0.5, 0.6) is 0 Å². The maximum Gasteiger partial charge on any atom is 0.128 e. The SMILES string of the molecule is CCCNC(c1cc(F)ccc1F)c1c(Cl)cnn1CC. The highest BCUT2D eigenvalue weighted by Gasteiger charge is 2.24. The molecule has 2 aromatic rings. The van der Waals surface area contributed by atoms with Crippen LogP contribution in [0, 0.1) is 11.6 Å². The number of aryl methyl sites for hydroxylation is 1. The van der Waals surface area contributed by atoms with E-state index in [9.17, 15) is 8.78 Å². The molecule has 0 amide bonds. The van der Waals surface area contributed by atoms with E-state index < -0.39 is 17.7 Å². The van der Waals surface area contributed by atoms with E-state index in [0.29, 0.717) is 23.8 Å². The summed E-state index contributed by atoms with van der Waals surface area (Å²) >= 11 is 6.20. The number of halogens is 3. The molecule has 0 spiro atoms. The van der Waals surface area contributed by atoms with Crippen molar-refractivity contribution in [3.05, 3.63) is 52.3 Å². The van der Waals surface area contributed by atoms with Gasteiger partial charge in [-0.05, 0) is 38.1 Å². The lowest BCUT2D eigenvalue weighted by atomic mass is 10.0. The third-order valence-corrected chi connectivity index (χ3v) is 3.56. The predicted octanol–water partition coefficient (Wildman–Crippen LogP) is 3.92. The number of benzene rings is 1. The molecule has 21 heavy (non-hydrogen) atoms. The highest BCUT2D eigenvalue weighted by atomic mass is 35.5. The van der Waals surface area contributed by atoms with Crippen LogP contribution in [0.15, 0.2) is 24.4 Å². The number of nitrogens with one attached hydrogen (secondary N) is 1. The zero-order chi connectivity index (χ0) is 15.4. The molecule has 3 nitrogen and oxygen atoms in total. The van der Waals surface area contributed by atoms with Crippen LogP contribution in [-0.2, 0) is 6.54 Å². The smallest absolute Gasteiger partial charge is 0.128 e. The van der Waals surface area contributed by atoms with Crippen LogP contribution in [0.3, 0.4) is 0 Å². The Morgan fingerprint density at radius 3 is 2.76 bits per heavy atom. The number of hydrogen-bond acceptors (Lipinski definition) is 2. The summed E-state index contributed by atoms with van der Waals surface area (Å²) in [6.45, 7) is 5.19. The van der Waals surface area contributed by atoms with Crippen LogP contribution in [0.1, 0.15) is 37.6 Å². The first-order valence-corrected chi connectivity index (χ1v) is 7.35. The van der Waals surface area contributed by atoms with Gasteiger partial charge in [-0.1, -0.05) is 18.5 Å². The summed E-state index contributed by atoms with van der Waals surface area (Å²) in [4.78, 5) is 0. The largest absolute Gasteiger partial charge is 0.305 e. The molecule has 1 aromatic carbocycles. The Labute approximate surface area is 127 Å². The van der Waals surface area contributed by atoms with Gasteiger partial charge in [0, 0.05) is 12.1 Å². The first kappa shape index (κ1) is 15.9. The summed E-state index contributed by atoms with van der Waals surface area (Å²) in [6, 6.07) is 2.90. The zero-order valence-corrected chi connectivity index (χ0v) is 12.8. The van der Waals surface area contributed by atoms with Crippen molar-refractivity contribution in [3.8, 4) is 0 Å². The van der Waals surface area contributed by atoms with Gasteiger partial charge < -0.3 is 5.32 Å². The Morgan fingerprint density at radius 1 is 1.33 bits per heavy atom. The second kappa shape index (κ2) is 7.00. The van der Waals surface area contributed by atoms with Gasteiger partial charge >= 0.3 is 0 Å². The van der Waals surface area contributed by atoms with Crippen LogP contribution in [-0.4, -0.2) is 16.3 Å². The second-order valence-electron chi connectivity index (χ2n) is 4.75. The van der Waals surface area contributed by atoms with Gasteiger partial charge in [-0.15, -0.1) is 0 Å². The first-order valence-electron chi connectivity index (χ1n) is 6.98. The second-order valence-corrected chi connectivity index (χ2v) is 5.15. The lowest BCUT2D eigenvalue weighted by Crippen LogP contribution is -2.27. The van der Waals surface area contributed by atoms with Gasteiger partial charge in [0.25, 0.3) is 0 Å². The average molecular weight is 314 g/mol. The Bertz CT molecular complexity index is 613. The van der Waals surface area contributed by atoms with Crippen molar-refractivity contribution in [1.82, 2.24) is 15.1 Å².